The molecule has 2 N–H and O–H groups in total. The molecule has 2 saturated heterocycles. The summed E-state index contributed by atoms with van der Waals surface area (Å²) in [5.74, 6) is 0.857. The van der Waals surface area contributed by atoms with Crippen molar-refractivity contribution in [3.8, 4) is 0 Å². The fourth-order valence-corrected chi connectivity index (χ4v) is 2.60. The SMILES string of the molecule is CC1(c2noc(C3(O)CCNC3)n2)CCCCO1. The molecule has 18 heavy (non-hydrogen) atoms. The maximum absolute atomic E-state index is 10.4. The van der Waals surface area contributed by atoms with Gasteiger partial charge >= 0.3 is 0 Å². The summed E-state index contributed by atoms with van der Waals surface area (Å²) < 4.78 is 11.0. The predicted octanol–water partition coefficient (Wildman–Crippen LogP) is 0.666. The van der Waals surface area contributed by atoms with E-state index in [9.17, 15) is 5.11 Å². The van der Waals surface area contributed by atoms with Crippen LogP contribution in [0, 0.1) is 0 Å². The van der Waals surface area contributed by atoms with Crippen LogP contribution in [0.1, 0.15) is 44.3 Å². The van der Waals surface area contributed by atoms with Crippen LogP contribution >= 0.6 is 0 Å². The van der Waals surface area contributed by atoms with Crippen molar-refractivity contribution in [2.75, 3.05) is 19.7 Å². The molecule has 1 aromatic rings. The highest BCUT2D eigenvalue weighted by Crippen LogP contribution is 2.34. The van der Waals surface area contributed by atoms with E-state index in [0.717, 1.165) is 32.4 Å². The van der Waals surface area contributed by atoms with Gasteiger partial charge < -0.3 is 19.7 Å². The highest BCUT2D eigenvalue weighted by molar-refractivity contribution is 5.07. The Hall–Kier alpha value is -0.980. The van der Waals surface area contributed by atoms with Crippen LogP contribution in [0.25, 0.3) is 0 Å². The zero-order chi connectivity index (χ0) is 12.6. The van der Waals surface area contributed by atoms with E-state index in [-0.39, 0.29) is 0 Å². The lowest BCUT2D eigenvalue weighted by atomic mass is 9.95. The summed E-state index contributed by atoms with van der Waals surface area (Å²) in [5.41, 5.74) is -1.49. The molecule has 2 aliphatic heterocycles. The topological polar surface area (TPSA) is 80.4 Å². The Labute approximate surface area is 106 Å². The average Bonchev–Trinajstić information content (AvgIpc) is 2.99. The Balaban J connectivity index is 1.84. The number of hydrogen-bond donors (Lipinski definition) is 2. The standard InChI is InChI=1S/C12H19N3O3/c1-11(4-2-3-7-17-11)9-14-10(18-15-9)12(16)5-6-13-8-12/h13,16H,2-8H2,1H3. The predicted molar refractivity (Wildman–Crippen MR) is 62.8 cm³/mol. The second kappa shape index (κ2) is 4.29. The summed E-state index contributed by atoms with van der Waals surface area (Å²) >= 11 is 0. The number of hydrogen-bond acceptors (Lipinski definition) is 6. The molecule has 2 atom stereocenters. The van der Waals surface area contributed by atoms with Gasteiger partial charge in [-0.25, -0.2) is 0 Å². The minimum absolute atomic E-state index is 0.304. The molecule has 0 bridgehead atoms. The van der Waals surface area contributed by atoms with Crippen molar-refractivity contribution in [1.29, 1.82) is 0 Å². The molecule has 3 heterocycles. The summed E-state index contributed by atoms with van der Waals surface area (Å²) in [4.78, 5) is 4.37. The number of aliphatic hydroxyl groups is 1. The smallest absolute Gasteiger partial charge is 0.260 e. The van der Waals surface area contributed by atoms with Crippen molar-refractivity contribution in [1.82, 2.24) is 15.5 Å². The average molecular weight is 253 g/mol. The van der Waals surface area contributed by atoms with E-state index in [1.54, 1.807) is 0 Å². The zero-order valence-electron chi connectivity index (χ0n) is 10.6. The maximum Gasteiger partial charge on any atom is 0.260 e. The van der Waals surface area contributed by atoms with Crippen LogP contribution in [0.2, 0.25) is 0 Å². The van der Waals surface area contributed by atoms with Crippen LogP contribution in [-0.4, -0.2) is 34.9 Å². The fourth-order valence-electron chi connectivity index (χ4n) is 2.60. The van der Waals surface area contributed by atoms with Crippen molar-refractivity contribution >= 4 is 0 Å². The van der Waals surface area contributed by atoms with Crippen molar-refractivity contribution in [3.05, 3.63) is 11.7 Å². The Kier molecular flexibility index (Phi) is 2.88. The van der Waals surface area contributed by atoms with Crippen LogP contribution in [-0.2, 0) is 15.9 Å². The summed E-state index contributed by atoms with van der Waals surface area (Å²) in [5, 5.41) is 17.5. The molecule has 3 rings (SSSR count). The summed E-state index contributed by atoms with van der Waals surface area (Å²) in [7, 11) is 0. The van der Waals surface area contributed by atoms with Gasteiger partial charge in [0.05, 0.1) is 0 Å². The molecular formula is C12H19N3O3. The van der Waals surface area contributed by atoms with Gasteiger partial charge in [-0.1, -0.05) is 5.16 Å². The van der Waals surface area contributed by atoms with Gasteiger partial charge in [-0.2, -0.15) is 4.98 Å². The lowest BCUT2D eigenvalue weighted by Crippen LogP contribution is -2.32. The Morgan fingerprint density at radius 1 is 1.33 bits per heavy atom. The molecule has 100 valence electrons. The lowest BCUT2D eigenvalue weighted by molar-refractivity contribution is -0.0770. The Morgan fingerprint density at radius 2 is 2.22 bits per heavy atom. The number of ether oxygens (including phenoxy) is 1. The van der Waals surface area contributed by atoms with Gasteiger partial charge in [0, 0.05) is 13.2 Å². The van der Waals surface area contributed by atoms with Gasteiger partial charge in [0.1, 0.15) is 5.60 Å². The molecule has 0 aromatic carbocycles. The number of nitrogens with zero attached hydrogens (tertiary/aromatic N) is 2. The second-order valence-electron chi connectivity index (χ2n) is 5.42. The monoisotopic (exact) mass is 253 g/mol. The first kappa shape index (κ1) is 12.1. The first-order valence-electron chi connectivity index (χ1n) is 6.54. The van der Waals surface area contributed by atoms with Gasteiger partial charge in [-0.3, -0.25) is 0 Å². The highest BCUT2D eigenvalue weighted by atomic mass is 16.5. The quantitative estimate of drug-likeness (QED) is 0.806. The molecule has 0 amide bonds. The third-order valence-electron chi connectivity index (χ3n) is 3.90. The largest absolute Gasteiger partial charge is 0.379 e. The lowest BCUT2D eigenvalue weighted by Gasteiger charge is -2.30. The molecule has 2 fully saturated rings. The third kappa shape index (κ3) is 1.94. The zero-order valence-corrected chi connectivity index (χ0v) is 10.6. The molecule has 2 unspecified atom stereocenters. The molecule has 6 heteroatoms. The summed E-state index contributed by atoms with van der Waals surface area (Å²) in [6, 6.07) is 0. The van der Waals surface area contributed by atoms with Crippen LogP contribution < -0.4 is 5.32 Å². The van der Waals surface area contributed by atoms with E-state index in [2.05, 4.69) is 15.5 Å². The first-order chi connectivity index (χ1) is 8.62. The van der Waals surface area contributed by atoms with Crippen LogP contribution in [0.15, 0.2) is 4.52 Å². The molecular weight excluding hydrogens is 234 g/mol. The van der Waals surface area contributed by atoms with Crippen molar-refractivity contribution in [3.63, 3.8) is 0 Å². The van der Waals surface area contributed by atoms with Gasteiger partial charge in [0.25, 0.3) is 5.89 Å². The molecule has 6 nitrogen and oxygen atoms in total. The van der Waals surface area contributed by atoms with E-state index in [1.807, 2.05) is 6.92 Å². The first-order valence-corrected chi connectivity index (χ1v) is 6.54. The van der Waals surface area contributed by atoms with E-state index in [4.69, 9.17) is 9.26 Å². The number of β-amino-alcohol motifs (C(OH)–C–C–N with tert-alkyl or cyclic N) is 1. The molecule has 2 aliphatic rings. The van der Waals surface area contributed by atoms with E-state index < -0.39 is 11.2 Å². The molecule has 1 aromatic heterocycles. The number of aromatic nitrogens is 2. The highest BCUT2D eigenvalue weighted by Gasteiger charge is 2.41. The van der Waals surface area contributed by atoms with Crippen LogP contribution in [0.3, 0.4) is 0 Å². The summed E-state index contributed by atoms with van der Waals surface area (Å²) in [6.07, 6.45) is 3.68. The van der Waals surface area contributed by atoms with E-state index in [1.165, 1.54) is 0 Å². The Morgan fingerprint density at radius 3 is 2.89 bits per heavy atom. The fraction of sp³-hybridized carbons (Fsp3) is 0.833. The van der Waals surface area contributed by atoms with Crippen LogP contribution in [0.5, 0.6) is 0 Å². The third-order valence-corrected chi connectivity index (χ3v) is 3.90. The van der Waals surface area contributed by atoms with Crippen molar-refractivity contribution in [2.24, 2.45) is 0 Å². The second-order valence-corrected chi connectivity index (χ2v) is 5.42. The van der Waals surface area contributed by atoms with Gasteiger partial charge in [-0.05, 0) is 39.2 Å². The normalized spacial score (nSPS) is 37.0. The van der Waals surface area contributed by atoms with Crippen molar-refractivity contribution in [2.45, 2.75) is 43.8 Å². The minimum Gasteiger partial charge on any atom is -0.379 e. The van der Waals surface area contributed by atoms with Gasteiger partial charge in [-0.15, -0.1) is 0 Å². The van der Waals surface area contributed by atoms with E-state index in [0.29, 0.717) is 24.7 Å². The number of nitrogens with one attached hydrogen (secondary N) is 1. The maximum atomic E-state index is 10.4. The van der Waals surface area contributed by atoms with Gasteiger partial charge in [0.2, 0.25) is 5.82 Å². The van der Waals surface area contributed by atoms with E-state index >= 15 is 0 Å². The molecule has 0 radical (unpaired) electrons. The molecule has 0 spiro atoms. The molecule has 0 saturated carbocycles. The summed E-state index contributed by atoms with van der Waals surface area (Å²) in [6.45, 7) is 3.94. The van der Waals surface area contributed by atoms with Crippen molar-refractivity contribution < 1.29 is 14.4 Å². The van der Waals surface area contributed by atoms with Crippen LogP contribution in [0.4, 0.5) is 0 Å². The van der Waals surface area contributed by atoms with Gasteiger partial charge in [0.15, 0.2) is 5.60 Å². The minimum atomic E-state index is -1.02. The Bertz CT molecular complexity index is 420. The molecule has 0 aliphatic carbocycles. The number of rotatable bonds is 2.